The topological polar surface area (TPSA) is 123 Å². The van der Waals surface area contributed by atoms with Crippen LogP contribution in [-0.2, 0) is 16.0 Å². The molecule has 9 heteroatoms. The molecule has 1 aliphatic heterocycles. The number of aromatic nitrogens is 3. The molecule has 2 aromatic carbocycles. The van der Waals surface area contributed by atoms with Crippen LogP contribution in [0.25, 0.3) is 22.3 Å². The quantitative estimate of drug-likeness (QED) is 0.360. The van der Waals surface area contributed by atoms with Gasteiger partial charge in [0.2, 0.25) is 5.95 Å². The highest BCUT2D eigenvalue weighted by atomic mass is 16.5. The molecule has 0 spiro atoms. The Balaban J connectivity index is 1.32. The number of esters is 1. The first-order valence-electron chi connectivity index (χ1n) is 12.8. The summed E-state index contributed by atoms with van der Waals surface area (Å²) in [5.41, 5.74) is 14.3. The van der Waals surface area contributed by atoms with E-state index in [1.54, 1.807) is 24.1 Å². The van der Waals surface area contributed by atoms with Crippen LogP contribution >= 0.6 is 0 Å². The highest BCUT2D eigenvalue weighted by molar-refractivity contribution is 5.94. The molecule has 194 valence electrons. The second kappa shape index (κ2) is 11.4. The zero-order valence-corrected chi connectivity index (χ0v) is 21.3. The standard InChI is InChI=1S/C29H30N6O3/c1-2-38-28(37)22-9-6-16-35(18-22)34-27(36)21-12-10-20(11-13-21)23-14-15-24-26(31-23)25(33-29(30)32-24)17-19-7-4-3-5-8-19/h3-5,7-8,10-15,22H,2,6,9,16-18H2,1H3,(H,34,36)(H2,30,32,33). The van der Waals surface area contributed by atoms with Gasteiger partial charge < -0.3 is 10.5 Å². The van der Waals surface area contributed by atoms with Crippen LogP contribution < -0.4 is 11.2 Å². The Labute approximate surface area is 221 Å². The van der Waals surface area contributed by atoms with E-state index < -0.39 is 0 Å². The Morgan fingerprint density at radius 2 is 1.82 bits per heavy atom. The third kappa shape index (κ3) is 5.78. The number of nitrogens with two attached hydrogens (primary N) is 1. The fraction of sp³-hybridized carbons (Fsp3) is 0.276. The summed E-state index contributed by atoms with van der Waals surface area (Å²) in [7, 11) is 0. The number of carbonyl (C=O) groups is 2. The predicted octanol–water partition coefficient (Wildman–Crippen LogP) is 3.78. The summed E-state index contributed by atoms with van der Waals surface area (Å²) >= 11 is 0. The van der Waals surface area contributed by atoms with Crippen LogP contribution in [-0.4, -0.2) is 51.5 Å². The molecule has 0 aliphatic carbocycles. The minimum atomic E-state index is -0.225. The number of nitrogen functional groups attached to an aromatic ring is 1. The van der Waals surface area contributed by atoms with Crippen molar-refractivity contribution in [2.45, 2.75) is 26.2 Å². The normalized spacial score (nSPS) is 15.8. The highest BCUT2D eigenvalue weighted by Crippen LogP contribution is 2.24. The summed E-state index contributed by atoms with van der Waals surface area (Å²) < 4.78 is 5.15. The van der Waals surface area contributed by atoms with Crippen LogP contribution in [0.5, 0.6) is 0 Å². The molecule has 5 rings (SSSR count). The van der Waals surface area contributed by atoms with E-state index >= 15 is 0 Å². The number of pyridine rings is 1. The maximum atomic E-state index is 12.9. The smallest absolute Gasteiger partial charge is 0.310 e. The number of ether oxygens (including phenoxy) is 1. The van der Waals surface area contributed by atoms with Gasteiger partial charge in [0.1, 0.15) is 5.52 Å². The van der Waals surface area contributed by atoms with E-state index in [2.05, 4.69) is 15.4 Å². The van der Waals surface area contributed by atoms with Crippen molar-refractivity contribution in [2.75, 3.05) is 25.4 Å². The molecule has 3 N–H and O–H groups in total. The van der Waals surface area contributed by atoms with Crippen molar-refractivity contribution in [1.82, 2.24) is 25.4 Å². The van der Waals surface area contributed by atoms with Gasteiger partial charge in [0, 0.05) is 30.6 Å². The minimum Gasteiger partial charge on any atom is -0.466 e. The van der Waals surface area contributed by atoms with Crippen molar-refractivity contribution in [3.05, 3.63) is 83.6 Å². The van der Waals surface area contributed by atoms with E-state index in [1.807, 2.05) is 54.6 Å². The number of nitrogens with zero attached hydrogens (tertiary/aromatic N) is 4. The number of hydrogen-bond donors (Lipinski definition) is 2. The molecule has 3 heterocycles. The first kappa shape index (κ1) is 25.3. The van der Waals surface area contributed by atoms with Gasteiger partial charge in [-0.3, -0.25) is 15.0 Å². The molecule has 4 aromatic rings. The predicted molar refractivity (Wildman–Crippen MR) is 145 cm³/mol. The molecule has 1 unspecified atom stereocenters. The van der Waals surface area contributed by atoms with Crippen LogP contribution in [0.2, 0.25) is 0 Å². The summed E-state index contributed by atoms with van der Waals surface area (Å²) in [6.45, 7) is 3.29. The van der Waals surface area contributed by atoms with E-state index in [9.17, 15) is 9.59 Å². The first-order chi connectivity index (χ1) is 18.5. The van der Waals surface area contributed by atoms with Gasteiger partial charge in [0.05, 0.1) is 29.4 Å². The monoisotopic (exact) mass is 510 g/mol. The Hall–Kier alpha value is -4.37. The zero-order valence-electron chi connectivity index (χ0n) is 21.3. The van der Waals surface area contributed by atoms with Gasteiger partial charge >= 0.3 is 5.97 Å². The number of carbonyl (C=O) groups excluding carboxylic acids is 2. The second-order valence-corrected chi connectivity index (χ2v) is 9.31. The Morgan fingerprint density at radius 3 is 2.58 bits per heavy atom. The molecule has 0 saturated carbocycles. The third-order valence-corrected chi connectivity index (χ3v) is 6.59. The lowest BCUT2D eigenvalue weighted by atomic mass is 9.99. The molecule has 2 aromatic heterocycles. The lowest BCUT2D eigenvalue weighted by Crippen LogP contribution is -2.49. The number of hydrazine groups is 1. The molecule has 1 amide bonds. The van der Waals surface area contributed by atoms with E-state index in [1.165, 1.54) is 0 Å². The molecular weight excluding hydrogens is 480 g/mol. The van der Waals surface area contributed by atoms with Gasteiger partial charge in [-0.15, -0.1) is 0 Å². The second-order valence-electron chi connectivity index (χ2n) is 9.31. The van der Waals surface area contributed by atoms with Crippen molar-refractivity contribution < 1.29 is 14.3 Å². The van der Waals surface area contributed by atoms with Crippen molar-refractivity contribution in [1.29, 1.82) is 0 Å². The summed E-state index contributed by atoms with van der Waals surface area (Å²) in [5, 5.41) is 1.80. The van der Waals surface area contributed by atoms with Gasteiger partial charge in [-0.25, -0.2) is 20.0 Å². The molecule has 1 fully saturated rings. The number of nitrogens with one attached hydrogen (secondary N) is 1. The zero-order chi connectivity index (χ0) is 26.5. The van der Waals surface area contributed by atoms with Gasteiger partial charge in [-0.1, -0.05) is 42.5 Å². The lowest BCUT2D eigenvalue weighted by molar-refractivity contribution is -0.150. The van der Waals surface area contributed by atoms with E-state index in [-0.39, 0.29) is 23.7 Å². The molecule has 38 heavy (non-hydrogen) atoms. The molecule has 0 bridgehead atoms. The number of piperidine rings is 1. The minimum absolute atomic E-state index is 0.210. The van der Waals surface area contributed by atoms with Crippen LogP contribution in [0.1, 0.15) is 41.4 Å². The molecular formula is C29H30N6O3. The van der Waals surface area contributed by atoms with Gasteiger partial charge in [0.15, 0.2) is 0 Å². The van der Waals surface area contributed by atoms with Gasteiger partial charge in [-0.05, 0) is 49.6 Å². The van der Waals surface area contributed by atoms with Crippen LogP contribution in [0.4, 0.5) is 5.95 Å². The molecule has 1 atom stereocenters. The van der Waals surface area contributed by atoms with Crippen LogP contribution in [0.15, 0.2) is 66.7 Å². The van der Waals surface area contributed by atoms with E-state index in [0.29, 0.717) is 42.7 Å². The van der Waals surface area contributed by atoms with Crippen molar-refractivity contribution in [3.63, 3.8) is 0 Å². The molecule has 1 saturated heterocycles. The first-order valence-corrected chi connectivity index (χ1v) is 12.8. The average Bonchev–Trinajstić information content (AvgIpc) is 2.94. The molecule has 1 aliphatic rings. The van der Waals surface area contributed by atoms with Crippen LogP contribution in [0, 0.1) is 5.92 Å². The number of anilines is 1. The maximum Gasteiger partial charge on any atom is 0.310 e. The number of rotatable bonds is 7. The van der Waals surface area contributed by atoms with Gasteiger partial charge in [-0.2, -0.15) is 0 Å². The van der Waals surface area contributed by atoms with Crippen molar-refractivity contribution >= 4 is 28.9 Å². The summed E-state index contributed by atoms with van der Waals surface area (Å²) in [5.74, 6) is -0.438. The summed E-state index contributed by atoms with van der Waals surface area (Å²) in [4.78, 5) is 38.7. The Kier molecular flexibility index (Phi) is 7.55. The van der Waals surface area contributed by atoms with Crippen molar-refractivity contribution in [2.24, 2.45) is 5.92 Å². The SMILES string of the molecule is CCOC(=O)C1CCCN(NC(=O)c2ccc(-c3ccc4nc(N)nc(Cc5ccccc5)c4n3)cc2)C1. The fourth-order valence-corrected chi connectivity index (χ4v) is 4.70. The number of amides is 1. The lowest BCUT2D eigenvalue weighted by Gasteiger charge is -2.31. The average molecular weight is 511 g/mol. The Morgan fingerprint density at radius 1 is 1.03 bits per heavy atom. The fourth-order valence-electron chi connectivity index (χ4n) is 4.70. The van der Waals surface area contributed by atoms with Crippen LogP contribution in [0.3, 0.4) is 0 Å². The summed E-state index contributed by atoms with van der Waals surface area (Å²) in [6.07, 6.45) is 2.18. The molecule has 9 nitrogen and oxygen atoms in total. The van der Waals surface area contributed by atoms with E-state index in [4.69, 9.17) is 15.5 Å². The van der Waals surface area contributed by atoms with Crippen molar-refractivity contribution in [3.8, 4) is 11.3 Å². The number of benzene rings is 2. The third-order valence-electron chi connectivity index (χ3n) is 6.59. The number of hydrogen-bond acceptors (Lipinski definition) is 8. The number of fused-ring (bicyclic) bond motifs is 1. The van der Waals surface area contributed by atoms with E-state index in [0.717, 1.165) is 35.4 Å². The highest BCUT2D eigenvalue weighted by Gasteiger charge is 2.27. The molecule has 0 radical (unpaired) electrons. The summed E-state index contributed by atoms with van der Waals surface area (Å²) in [6, 6.07) is 21.1. The van der Waals surface area contributed by atoms with Gasteiger partial charge in [0.25, 0.3) is 5.91 Å². The largest absolute Gasteiger partial charge is 0.466 e. The maximum absolute atomic E-state index is 12.9. The Bertz CT molecular complexity index is 1440.